The fourth-order valence-electron chi connectivity index (χ4n) is 5.18. The van der Waals surface area contributed by atoms with Gasteiger partial charge in [-0.2, -0.15) is 0 Å². The van der Waals surface area contributed by atoms with E-state index in [0.29, 0.717) is 5.56 Å². The second-order valence-corrected chi connectivity index (χ2v) is 8.71. The molecule has 2 aliphatic rings. The van der Waals surface area contributed by atoms with Gasteiger partial charge in [-0.1, -0.05) is 45.4 Å². The van der Waals surface area contributed by atoms with Gasteiger partial charge >= 0.3 is 0 Å². The molecule has 0 amide bonds. The lowest BCUT2D eigenvalue weighted by Crippen LogP contribution is -2.32. The minimum Gasteiger partial charge on any atom is -0.204 e. The first kappa shape index (κ1) is 19.8. The van der Waals surface area contributed by atoms with Crippen molar-refractivity contribution in [3.63, 3.8) is 0 Å². The summed E-state index contributed by atoms with van der Waals surface area (Å²) in [5, 5.41) is 0. The minimum absolute atomic E-state index is 0.185. The molecule has 0 heterocycles. The molecule has 2 fully saturated rings. The third-order valence-electron chi connectivity index (χ3n) is 6.90. The Kier molecular flexibility index (Phi) is 7.05. The third kappa shape index (κ3) is 4.84. The van der Waals surface area contributed by atoms with Crippen molar-refractivity contribution >= 4 is 0 Å². The van der Waals surface area contributed by atoms with Crippen molar-refractivity contribution < 1.29 is 13.2 Å². The Morgan fingerprint density at radius 1 is 0.808 bits per heavy atom. The first-order valence-corrected chi connectivity index (χ1v) is 10.7. The summed E-state index contributed by atoms with van der Waals surface area (Å²) in [6.45, 7) is 2.26. The fraction of sp³-hybridized carbons (Fsp3) is 0.739. The molecule has 2 saturated carbocycles. The van der Waals surface area contributed by atoms with E-state index >= 15 is 0 Å². The maximum atomic E-state index is 13.5. The molecule has 146 valence electrons. The Balaban J connectivity index is 1.37. The van der Waals surface area contributed by atoms with Crippen molar-refractivity contribution in [2.24, 2.45) is 17.8 Å². The topological polar surface area (TPSA) is 0 Å². The van der Waals surface area contributed by atoms with Crippen molar-refractivity contribution in [1.29, 1.82) is 0 Å². The Morgan fingerprint density at radius 3 is 2.04 bits per heavy atom. The maximum Gasteiger partial charge on any atom is 0.194 e. The Hall–Kier alpha value is -0.990. The Labute approximate surface area is 156 Å². The molecule has 3 heteroatoms. The summed E-state index contributed by atoms with van der Waals surface area (Å²) in [7, 11) is 0. The summed E-state index contributed by atoms with van der Waals surface area (Å²) in [6, 6.07) is 2.39. The van der Waals surface area contributed by atoms with Crippen molar-refractivity contribution in [2.75, 3.05) is 0 Å². The van der Waals surface area contributed by atoms with Crippen molar-refractivity contribution in [2.45, 2.75) is 89.9 Å². The summed E-state index contributed by atoms with van der Waals surface area (Å²) in [6.07, 6.45) is 15.3. The van der Waals surface area contributed by atoms with E-state index in [1.807, 2.05) is 0 Å². The molecular weight excluding hydrogens is 333 g/mol. The zero-order chi connectivity index (χ0) is 18.5. The molecular formula is C23H33F3. The van der Waals surface area contributed by atoms with E-state index in [0.717, 1.165) is 43.4 Å². The molecule has 0 bridgehead atoms. The third-order valence-corrected chi connectivity index (χ3v) is 6.90. The maximum absolute atomic E-state index is 13.5. The van der Waals surface area contributed by atoms with E-state index in [4.69, 9.17) is 0 Å². The van der Waals surface area contributed by atoms with Crippen LogP contribution in [0.1, 0.15) is 95.5 Å². The molecule has 2 aliphatic carbocycles. The van der Waals surface area contributed by atoms with E-state index in [1.54, 1.807) is 0 Å². The molecule has 0 unspecified atom stereocenters. The summed E-state index contributed by atoms with van der Waals surface area (Å²) in [5.41, 5.74) is 0.637. The zero-order valence-corrected chi connectivity index (χ0v) is 16.1. The number of halogens is 3. The number of hydrogen-bond acceptors (Lipinski definition) is 0. The van der Waals surface area contributed by atoms with Crippen molar-refractivity contribution in [1.82, 2.24) is 0 Å². The highest BCUT2D eigenvalue weighted by Crippen LogP contribution is 2.48. The second-order valence-electron chi connectivity index (χ2n) is 8.71. The Bertz CT molecular complexity index is 546. The number of rotatable bonds is 8. The predicted molar refractivity (Wildman–Crippen MR) is 101 cm³/mol. The van der Waals surface area contributed by atoms with E-state index in [9.17, 15) is 13.2 Å². The minimum atomic E-state index is -1.35. The fourth-order valence-corrected chi connectivity index (χ4v) is 5.18. The molecule has 0 saturated heterocycles. The van der Waals surface area contributed by atoms with E-state index in [1.165, 1.54) is 63.5 Å². The summed E-state index contributed by atoms with van der Waals surface area (Å²) in [4.78, 5) is 0. The lowest BCUT2D eigenvalue weighted by Gasteiger charge is -2.43. The molecule has 3 rings (SSSR count). The van der Waals surface area contributed by atoms with Gasteiger partial charge in [0.2, 0.25) is 0 Å². The predicted octanol–water partition coefficient (Wildman–Crippen LogP) is 7.76. The molecule has 0 radical (unpaired) electrons. The number of unbranched alkanes of at least 4 members (excludes halogenated alkanes) is 4. The van der Waals surface area contributed by atoms with Gasteiger partial charge in [0.05, 0.1) is 0 Å². The molecule has 0 aromatic heterocycles. The lowest BCUT2D eigenvalue weighted by molar-refractivity contribution is 0.0864. The van der Waals surface area contributed by atoms with E-state index in [-0.39, 0.29) is 5.92 Å². The molecule has 1 aromatic carbocycles. The second kappa shape index (κ2) is 9.28. The molecule has 26 heavy (non-hydrogen) atoms. The van der Waals surface area contributed by atoms with Crippen molar-refractivity contribution in [3.8, 4) is 0 Å². The average Bonchev–Trinajstić information content (AvgIpc) is 2.61. The summed E-state index contributed by atoms with van der Waals surface area (Å²) >= 11 is 0. The summed E-state index contributed by atoms with van der Waals surface area (Å²) in [5.74, 6) is -0.663. The van der Waals surface area contributed by atoms with E-state index in [2.05, 4.69) is 6.92 Å². The van der Waals surface area contributed by atoms with Gasteiger partial charge in [0.15, 0.2) is 17.5 Å². The van der Waals surface area contributed by atoms with Gasteiger partial charge in [-0.3, -0.25) is 0 Å². The van der Waals surface area contributed by atoms with Crippen LogP contribution in [0.3, 0.4) is 0 Å². The van der Waals surface area contributed by atoms with Crippen LogP contribution in [0.25, 0.3) is 0 Å². The quantitative estimate of drug-likeness (QED) is 0.326. The van der Waals surface area contributed by atoms with E-state index < -0.39 is 17.5 Å². The van der Waals surface area contributed by atoms with Crippen LogP contribution in [0.5, 0.6) is 0 Å². The Morgan fingerprint density at radius 2 is 1.42 bits per heavy atom. The molecule has 0 nitrogen and oxygen atoms in total. The van der Waals surface area contributed by atoms with Gasteiger partial charge in [-0.15, -0.1) is 0 Å². The highest BCUT2D eigenvalue weighted by atomic mass is 19.2. The summed E-state index contributed by atoms with van der Waals surface area (Å²) < 4.78 is 40.1. The molecule has 1 aromatic rings. The van der Waals surface area contributed by atoms with Crippen LogP contribution in [-0.2, 0) is 0 Å². The van der Waals surface area contributed by atoms with Gasteiger partial charge in [0, 0.05) is 0 Å². The number of hydrogen-bond donors (Lipinski definition) is 0. The van der Waals surface area contributed by atoms with Gasteiger partial charge < -0.3 is 0 Å². The van der Waals surface area contributed by atoms with Crippen LogP contribution in [0, 0.1) is 35.2 Å². The average molecular weight is 367 g/mol. The molecule has 0 spiro atoms. The van der Waals surface area contributed by atoms with Crippen LogP contribution >= 0.6 is 0 Å². The SMILES string of the molecule is CCCCCCCC1CC(C2CCC(c3cc(F)c(F)c(F)c3)CC2)C1. The van der Waals surface area contributed by atoms with Crippen LogP contribution < -0.4 is 0 Å². The van der Waals surface area contributed by atoms with Crippen LogP contribution in [0.4, 0.5) is 13.2 Å². The molecule has 0 atom stereocenters. The number of benzene rings is 1. The standard InChI is InChI=1S/C23H33F3/c1-2-3-4-5-6-7-16-12-19(13-16)17-8-10-18(11-9-17)20-14-21(24)23(26)22(25)15-20/h14-19H,2-13H2,1H3. The van der Waals surface area contributed by atoms with Gasteiger partial charge in [-0.05, 0) is 79.9 Å². The van der Waals surface area contributed by atoms with Gasteiger partial charge in [0.25, 0.3) is 0 Å². The van der Waals surface area contributed by atoms with Crippen molar-refractivity contribution in [3.05, 3.63) is 35.1 Å². The molecule has 0 N–H and O–H groups in total. The van der Waals surface area contributed by atoms with Crippen LogP contribution in [0.2, 0.25) is 0 Å². The van der Waals surface area contributed by atoms with Crippen LogP contribution in [0.15, 0.2) is 12.1 Å². The highest BCUT2D eigenvalue weighted by Gasteiger charge is 2.36. The first-order valence-electron chi connectivity index (χ1n) is 10.7. The van der Waals surface area contributed by atoms with Gasteiger partial charge in [0.1, 0.15) is 0 Å². The lowest BCUT2D eigenvalue weighted by atomic mass is 9.62. The normalized spacial score (nSPS) is 28.8. The highest BCUT2D eigenvalue weighted by molar-refractivity contribution is 5.23. The van der Waals surface area contributed by atoms with Gasteiger partial charge in [-0.25, -0.2) is 13.2 Å². The smallest absolute Gasteiger partial charge is 0.194 e. The first-order chi connectivity index (χ1) is 12.6. The molecule has 0 aliphatic heterocycles. The zero-order valence-electron chi connectivity index (χ0n) is 16.1. The largest absolute Gasteiger partial charge is 0.204 e. The monoisotopic (exact) mass is 366 g/mol. The van der Waals surface area contributed by atoms with Crippen LogP contribution in [-0.4, -0.2) is 0 Å².